The first-order valence-corrected chi connectivity index (χ1v) is 8.67. The highest BCUT2D eigenvalue weighted by Crippen LogP contribution is 2.28. The van der Waals surface area contributed by atoms with Crippen LogP contribution in [0.4, 0.5) is 0 Å². The Kier molecular flexibility index (Phi) is 4.71. The molecule has 8 nitrogen and oxygen atoms in total. The highest BCUT2D eigenvalue weighted by Gasteiger charge is 2.32. The van der Waals surface area contributed by atoms with Crippen LogP contribution in [0.15, 0.2) is 28.9 Å². The molecule has 132 valence electrons. The molecule has 2 saturated heterocycles. The Morgan fingerprint density at radius 1 is 1.28 bits per heavy atom. The molecule has 0 radical (unpaired) electrons. The smallest absolute Gasteiger partial charge is 0.253 e. The van der Waals surface area contributed by atoms with Gasteiger partial charge in [0, 0.05) is 38.3 Å². The van der Waals surface area contributed by atoms with Gasteiger partial charge in [-0.1, -0.05) is 11.2 Å². The molecule has 2 aliphatic rings. The summed E-state index contributed by atoms with van der Waals surface area (Å²) < 4.78 is 11.0. The predicted molar refractivity (Wildman–Crippen MR) is 88.7 cm³/mol. The zero-order valence-electron chi connectivity index (χ0n) is 13.9. The van der Waals surface area contributed by atoms with E-state index < -0.39 is 0 Å². The van der Waals surface area contributed by atoms with Gasteiger partial charge >= 0.3 is 0 Å². The first-order chi connectivity index (χ1) is 12.3. The largest absolute Gasteiger partial charge is 0.366 e. The summed E-state index contributed by atoms with van der Waals surface area (Å²) in [6.07, 6.45) is 2.98. The lowest BCUT2D eigenvalue weighted by Crippen LogP contribution is -2.51. The maximum absolute atomic E-state index is 12.5. The third kappa shape index (κ3) is 3.54. The SMILES string of the molecule is O=C(C1CNCCO1)N1CCC(c2nc(-c3ccccn3)no2)CC1. The van der Waals surface area contributed by atoms with Crippen LogP contribution >= 0.6 is 0 Å². The minimum Gasteiger partial charge on any atom is -0.366 e. The van der Waals surface area contributed by atoms with Crippen molar-refractivity contribution in [2.75, 3.05) is 32.8 Å². The minimum atomic E-state index is -0.357. The fourth-order valence-electron chi connectivity index (χ4n) is 3.27. The number of nitrogens with zero attached hydrogens (tertiary/aromatic N) is 4. The van der Waals surface area contributed by atoms with E-state index in [1.807, 2.05) is 23.1 Å². The Labute approximate surface area is 145 Å². The zero-order chi connectivity index (χ0) is 17.1. The lowest BCUT2D eigenvalue weighted by molar-refractivity contribution is -0.146. The number of carbonyl (C=O) groups excluding carboxylic acids is 1. The zero-order valence-corrected chi connectivity index (χ0v) is 13.9. The van der Waals surface area contributed by atoms with E-state index in [0.29, 0.717) is 43.7 Å². The van der Waals surface area contributed by atoms with Gasteiger partial charge in [-0.3, -0.25) is 9.78 Å². The van der Waals surface area contributed by atoms with Gasteiger partial charge in [0.05, 0.1) is 6.61 Å². The molecule has 1 unspecified atom stereocenters. The molecule has 0 bridgehead atoms. The second-order valence-electron chi connectivity index (χ2n) is 6.33. The van der Waals surface area contributed by atoms with E-state index in [0.717, 1.165) is 19.4 Å². The van der Waals surface area contributed by atoms with E-state index in [2.05, 4.69) is 20.4 Å². The molecular weight excluding hydrogens is 322 g/mol. The summed E-state index contributed by atoms with van der Waals surface area (Å²) >= 11 is 0. The van der Waals surface area contributed by atoms with Crippen LogP contribution in [0.1, 0.15) is 24.7 Å². The average Bonchev–Trinajstić information content (AvgIpc) is 3.19. The Morgan fingerprint density at radius 2 is 2.16 bits per heavy atom. The van der Waals surface area contributed by atoms with Gasteiger partial charge in [0.15, 0.2) is 0 Å². The number of ether oxygens (including phenoxy) is 1. The number of aromatic nitrogens is 3. The van der Waals surface area contributed by atoms with Crippen LogP contribution in [0.2, 0.25) is 0 Å². The molecule has 1 amide bonds. The van der Waals surface area contributed by atoms with Crippen molar-refractivity contribution in [1.29, 1.82) is 0 Å². The lowest BCUT2D eigenvalue weighted by atomic mass is 9.96. The molecule has 2 aromatic rings. The Morgan fingerprint density at radius 3 is 2.88 bits per heavy atom. The van der Waals surface area contributed by atoms with Gasteiger partial charge < -0.3 is 19.5 Å². The fraction of sp³-hybridized carbons (Fsp3) is 0.529. The van der Waals surface area contributed by atoms with Crippen LogP contribution in [0, 0.1) is 0 Å². The molecule has 2 aromatic heterocycles. The molecule has 8 heteroatoms. The van der Waals surface area contributed by atoms with E-state index in [1.54, 1.807) is 6.20 Å². The number of hydrogen-bond acceptors (Lipinski definition) is 7. The summed E-state index contributed by atoms with van der Waals surface area (Å²) in [5, 5.41) is 7.23. The summed E-state index contributed by atoms with van der Waals surface area (Å²) in [5.74, 6) is 1.39. The third-order valence-electron chi connectivity index (χ3n) is 4.69. The molecule has 4 heterocycles. The average molecular weight is 343 g/mol. The van der Waals surface area contributed by atoms with Crippen molar-refractivity contribution in [1.82, 2.24) is 25.3 Å². The summed E-state index contributed by atoms with van der Waals surface area (Å²) in [7, 11) is 0. The van der Waals surface area contributed by atoms with Crippen molar-refractivity contribution in [3.05, 3.63) is 30.3 Å². The van der Waals surface area contributed by atoms with Gasteiger partial charge in [0.1, 0.15) is 11.8 Å². The number of pyridine rings is 1. The molecule has 0 aliphatic carbocycles. The monoisotopic (exact) mass is 343 g/mol. The molecule has 1 N–H and O–H groups in total. The fourth-order valence-corrected chi connectivity index (χ4v) is 3.27. The maximum atomic E-state index is 12.5. The number of morpholine rings is 1. The first kappa shape index (κ1) is 16.2. The van der Waals surface area contributed by atoms with Crippen LogP contribution in [0.25, 0.3) is 11.5 Å². The quantitative estimate of drug-likeness (QED) is 0.882. The maximum Gasteiger partial charge on any atom is 0.253 e. The predicted octanol–water partition coefficient (Wildman–Crippen LogP) is 0.826. The molecular formula is C17H21N5O3. The molecule has 2 aliphatic heterocycles. The summed E-state index contributed by atoms with van der Waals surface area (Å²) in [4.78, 5) is 23.1. The molecule has 25 heavy (non-hydrogen) atoms. The van der Waals surface area contributed by atoms with Gasteiger partial charge in [0.25, 0.3) is 5.91 Å². The highest BCUT2D eigenvalue weighted by molar-refractivity contribution is 5.81. The van der Waals surface area contributed by atoms with Gasteiger partial charge in [-0.2, -0.15) is 4.98 Å². The standard InChI is InChI=1S/C17H21N5O3/c23-17(14-11-18-7-10-24-14)22-8-4-12(5-9-22)16-20-15(21-25-16)13-3-1-2-6-19-13/h1-3,6,12,14,18H,4-5,7-11H2. The van der Waals surface area contributed by atoms with Crippen LogP contribution in [0.3, 0.4) is 0 Å². The number of carbonyl (C=O) groups is 1. The molecule has 1 atom stereocenters. The van der Waals surface area contributed by atoms with Crippen molar-refractivity contribution in [2.45, 2.75) is 24.9 Å². The van der Waals surface area contributed by atoms with Gasteiger partial charge in [0.2, 0.25) is 11.7 Å². The van der Waals surface area contributed by atoms with Crippen molar-refractivity contribution < 1.29 is 14.1 Å². The summed E-state index contributed by atoms with van der Waals surface area (Å²) in [6.45, 7) is 3.36. The Hall–Kier alpha value is -2.32. The first-order valence-electron chi connectivity index (χ1n) is 8.67. The number of amides is 1. The number of rotatable bonds is 3. The van der Waals surface area contributed by atoms with Gasteiger partial charge in [-0.15, -0.1) is 0 Å². The number of hydrogen-bond donors (Lipinski definition) is 1. The second kappa shape index (κ2) is 7.28. The van der Waals surface area contributed by atoms with Gasteiger partial charge in [-0.05, 0) is 25.0 Å². The van der Waals surface area contributed by atoms with Crippen LogP contribution in [-0.2, 0) is 9.53 Å². The van der Waals surface area contributed by atoms with Gasteiger partial charge in [-0.25, -0.2) is 0 Å². The third-order valence-corrected chi connectivity index (χ3v) is 4.69. The summed E-state index contributed by atoms with van der Waals surface area (Å²) in [5.41, 5.74) is 0.701. The van der Waals surface area contributed by atoms with Crippen LogP contribution < -0.4 is 5.32 Å². The molecule has 0 aromatic carbocycles. The van der Waals surface area contributed by atoms with Crippen LogP contribution in [0.5, 0.6) is 0 Å². The Balaban J connectivity index is 1.36. The van der Waals surface area contributed by atoms with E-state index >= 15 is 0 Å². The topological polar surface area (TPSA) is 93.4 Å². The van der Waals surface area contributed by atoms with Crippen molar-refractivity contribution in [3.63, 3.8) is 0 Å². The number of nitrogens with one attached hydrogen (secondary N) is 1. The van der Waals surface area contributed by atoms with Crippen molar-refractivity contribution in [3.8, 4) is 11.5 Å². The number of likely N-dealkylation sites (tertiary alicyclic amines) is 1. The molecule has 2 fully saturated rings. The Bertz CT molecular complexity index is 706. The van der Waals surface area contributed by atoms with Crippen LogP contribution in [-0.4, -0.2) is 64.8 Å². The normalized spacial score (nSPS) is 22.1. The van der Waals surface area contributed by atoms with Crippen molar-refractivity contribution >= 4 is 5.91 Å². The van der Waals surface area contributed by atoms with E-state index in [-0.39, 0.29) is 17.9 Å². The minimum absolute atomic E-state index is 0.0744. The number of piperidine rings is 1. The second-order valence-corrected chi connectivity index (χ2v) is 6.33. The molecule has 0 saturated carbocycles. The molecule has 0 spiro atoms. The van der Waals surface area contributed by atoms with E-state index in [4.69, 9.17) is 9.26 Å². The van der Waals surface area contributed by atoms with E-state index in [1.165, 1.54) is 0 Å². The van der Waals surface area contributed by atoms with Crippen molar-refractivity contribution in [2.24, 2.45) is 0 Å². The van der Waals surface area contributed by atoms with E-state index in [9.17, 15) is 4.79 Å². The summed E-state index contributed by atoms with van der Waals surface area (Å²) in [6, 6.07) is 5.60. The highest BCUT2D eigenvalue weighted by atomic mass is 16.5. The molecule has 4 rings (SSSR count). The lowest BCUT2D eigenvalue weighted by Gasteiger charge is -2.34.